The van der Waals surface area contributed by atoms with E-state index in [0.717, 1.165) is 25.9 Å². The van der Waals surface area contributed by atoms with Crippen molar-refractivity contribution in [1.82, 2.24) is 10.2 Å². The molecule has 0 aliphatic carbocycles. The molecule has 1 saturated heterocycles. The molecule has 0 spiro atoms. The smallest absolute Gasteiger partial charge is 0.246 e. The van der Waals surface area contributed by atoms with Crippen LogP contribution in [0.1, 0.15) is 59.3 Å². The summed E-state index contributed by atoms with van der Waals surface area (Å²) < 4.78 is 5.32. The van der Waals surface area contributed by atoms with Crippen LogP contribution in [-0.2, 0) is 9.53 Å². The predicted molar refractivity (Wildman–Crippen MR) is 82.8 cm³/mol. The van der Waals surface area contributed by atoms with E-state index in [0.29, 0.717) is 6.04 Å². The van der Waals surface area contributed by atoms with Crippen molar-refractivity contribution < 1.29 is 9.53 Å². The molecule has 1 aliphatic rings. The Labute approximate surface area is 124 Å². The van der Waals surface area contributed by atoms with Crippen LogP contribution in [0.25, 0.3) is 0 Å². The lowest BCUT2D eigenvalue weighted by atomic mass is 10.0. The molecule has 0 bridgehead atoms. The largest absolute Gasteiger partial charge is 0.369 e. The van der Waals surface area contributed by atoms with Crippen LogP contribution in [0, 0.1) is 0 Å². The van der Waals surface area contributed by atoms with Gasteiger partial charge < -0.3 is 15.0 Å². The summed E-state index contributed by atoms with van der Waals surface area (Å²) in [5, 5.41) is 3.08. The molecule has 1 amide bonds. The summed E-state index contributed by atoms with van der Waals surface area (Å²) in [7, 11) is 0. The van der Waals surface area contributed by atoms with Gasteiger partial charge in [-0.1, -0.05) is 26.2 Å². The second kappa shape index (κ2) is 10.2. The summed E-state index contributed by atoms with van der Waals surface area (Å²) in [5.74, 6) is 0.0279. The van der Waals surface area contributed by atoms with Gasteiger partial charge in [0.1, 0.15) is 6.61 Å². The van der Waals surface area contributed by atoms with Crippen molar-refractivity contribution in [3.63, 3.8) is 0 Å². The van der Waals surface area contributed by atoms with E-state index in [-0.39, 0.29) is 18.6 Å². The molecule has 118 valence electrons. The summed E-state index contributed by atoms with van der Waals surface area (Å²) in [6, 6.07) is 0.338. The van der Waals surface area contributed by atoms with Crippen LogP contribution in [-0.4, -0.2) is 49.2 Å². The molecule has 0 radical (unpaired) electrons. The van der Waals surface area contributed by atoms with Gasteiger partial charge in [0.15, 0.2) is 0 Å². The summed E-state index contributed by atoms with van der Waals surface area (Å²) in [6.07, 6.45) is 7.56. The highest BCUT2D eigenvalue weighted by Gasteiger charge is 2.20. The van der Waals surface area contributed by atoms with Crippen molar-refractivity contribution >= 4 is 5.91 Å². The lowest BCUT2D eigenvalue weighted by molar-refractivity contribution is -0.128. The molecule has 0 aromatic heterocycles. The number of hydrogen-bond donors (Lipinski definition) is 1. The van der Waals surface area contributed by atoms with E-state index < -0.39 is 0 Å². The Kier molecular flexibility index (Phi) is 8.86. The Balaban J connectivity index is 2.08. The van der Waals surface area contributed by atoms with Gasteiger partial charge in [0, 0.05) is 19.1 Å². The maximum absolute atomic E-state index is 11.7. The third-order valence-electron chi connectivity index (χ3n) is 3.83. The average molecular weight is 284 g/mol. The maximum atomic E-state index is 11.7. The average Bonchev–Trinajstić information content (AvgIpc) is 2.43. The third kappa shape index (κ3) is 7.85. The molecule has 1 heterocycles. The van der Waals surface area contributed by atoms with Crippen LogP contribution in [0.4, 0.5) is 0 Å². The highest BCUT2D eigenvalue weighted by atomic mass is 16.5. The van der Waals surface area contributed by atoms with Crippen LogP contribution in [0.3, 0.4) is 0 Å². The van der Waals surface area contributed by atoms with Crippen molar-refractivity contribution in [3.05, 3.63) is 0 Å². The van der Waals surface area contributed by atoms with Gasteiger partial charge in [-0.2, -0.15) is 0 Å². The molecular formula is C16H32N2O2. The molecule has 1 rings (SSSR count). The Morgan fingerprint density at radius 3 is 2.55 bits per heavy atom. The first kappa shape index (κ1) is 17.4. The van der Waals surface area contributed by atoms with Crippen molar-refractivity contribution in [2.24, 2.45) is 0 Å². The zero-order chi connectivity index (χ0) is 14.8. The zero-order valence-electron chi connectivity index (χ0n) is 13.5. The minimum atomic E-state index is 0.0279. The molecule has 4 nitrogen and oxygen atoms in total. The van der Waals surface area contributed by atoms with Crippen molar-refractivity contribution in [2.75, 3.05) is 26.2 Å². The number of likely N-dealkylation sites (tertiary alicyclic amines) is 1. The summed E-state index contributed by atoms with van der Waals surface area (Å²) in [5.41, 5.74) is 0. The maximum Gasteiger partial charge on any atom is 0.246 e. The van der Waals surface area contributed by atoms with Gasteiger partial charge in [-0.25, -0.2) is 0 Å². The first-order valence-electron chi connectivity index (χ1n) is 8.25. The molecular weight excluding hydrogens is 252 g/mol. The number of nitrogens with zero attached hydrogens (tertiary/aromatic N) is 1. The lowest BCUT2D eigenvalue weighted by Gasteiger charge is -2.32. The Bertz CT molecular complexity index is 261. The van der Waals surface area contributed by atoms with E-state index in [1.165, 1.54) is 32.2 Å². The van der Waals surface area contributed by atoms with E-state index in [2.05, 4.69) is 17.1 Å². The van der Waals surface area contributed by atoms with Crippen molar-refractivity contribution in [1.29, 1.82) is 0 Å². The molecule has 1 fully saturated rings. The molecule has 1 aliphatic heterocycles. The van der Waals surface area contributed by atoms with E-state index >= 15 is 0 Å². The Hall–Kier alpha value is -0.610. The molecule has 4 heteroatoms. The van der Waals surface area contributed by atoms with Gasteiger partial charge >= 0.3 is 0 Å². The topological polar surface area (TPSA) is 41.6 Å². The van der Waals surface area contributed by atoms with Gasteiger partial charge in [0.05, 0.1) is 6.10 Å². The summed E-state index contributed by atoms with van der Waals surface area (Å²) >= 11 is 0. The molecule has 0 saturated carbocycles. The SMILES string of the molecule is CCCCCCN1CCC(NC(=O)COC(C)C)CC1. The fourth-order valence-electron chi connectivity index (χ4n) is 2.57. The van der Waals surface area contributed by atoms with Crippen LogP contribution in [0.15, 0.2) is 0 Å². The standard InChI is InChI=1S/C16H32N2O2/c1-4-5-6-7-10-18-11-8-15(9-12-18)17-16(19)13-20-14(2)3/h14-15H,4-13H2,1-3H3,(H,17,19). The van der Waals surface area contributed by atoms with Crippen molar-refractivity contribution in [3.8, 4) is 0 Å². The van der Waals surface area contributed by atoms with E-state index in [9.17, 15) is 4.79 Å². The normalized spacial score (nSPS) is 17.6. The number of rotatable bonds is 9. The van der Waals surface area contributed by atoms with Gasteiger partial charge in [0.2, 0.25) is 5.91 Å². The second-order valence-corrected chi connectivity index (χ2v) is 6.10. The third-order valence-corrected chi connectivity index (χ3v) is 3.83. The fourth-order valence-corrected chi connectivity index (χ4v) is 2.57. The molecule has 20 heavy (non-hydrogen) atoms. The second-order valence-electron chi connectivity index (χ2n) is 6.10. The minimum absolute atomic E-state index is 0.0279. The number of nitrogens with one attached hydrogen (secondary N) is 1. The van der Waals surface area contributed by atoms with Gasteiger partial charge in [-0.3, -0.25) is 4.79 Å². The van der Waals surface area contributed by atoms with Crippen LogP contribution in [0.2, 0.25) is 0 Å². The molecule has 0 aromatic carbocycles. The first-order valence-corrected chi connectivity index (χ1v) is 8.25. The van der Waals surface area contributed by atoms with Crippen molar-refractivity contribution in [2.45, 2.75) is 71.4 Å². The Morgan fingerprint density at radius 2 is 1.95 bits per heavy atom. The predicted octanol–water partition coefficient (Wildman–Crippen LogP) is 2.57. The number of carbonyl (C=O) groups excluding carboxylic acids is 1. The lowest BCUT2D eigenvalue weighted by Crippen LogP contribution is -2.45. The van der Waals surface area contributed by atoms with Gasteiger partial charge in [0.25, 0.3) is 0 Å². The first-order chi connectivity index (χ1) is 9.61. The van der Waals surface area contributed by atoms with E-state index in [1.54, 1.807) is 0 Å². The molecule has 0 atom stereocenters. The van der Waals surface area contributed by atoms with Gasteiger partial charge in [-0.05, 0) is 39.7 Å². The van der Waals surface area contributed by atoms with E-state index in [1.807, 2.05) is 13.8 Å². The summed E-state index contributed by atoms with van der Waals surface area (Å²) in [6.45, 7) is 9.78. The fraction of sp³-hybridized carbons (Fsp3) is 0.938. The molecule has 0 unspecified atom stereocenters. The number of amides is 1. The molecule has 0 aromatic rings. The monoisotopic (exact) mass is 284 g/mol. The van der Waals surface area contributed by atoms with E-state index in [4.69, 9.17) is 4.74 Å². The van der Waals surface area contributed by atoms with Crippen LogP contribution < -0.4 is 5.32 Å². The minimum Gasteiger partial charge on any atom is -0.369 e. The Morgan fingerprint density at radius 1 is 1.25 bits per heavy atom. The number of ether oxygens (including phenoxy) is 1. The van der Waals surface area contributed by atoms with Crippen LogP contribution in [0.5, 0.6) is 0 Å². The quantitative estimate of drug-likeness (QED) is 0.662. The van der Waals surface area contributed by atoms with Gasteiger partial charge in [-0.15, -0.1) is 0 Å². The number of carbonyl (C=O) groups is 1. The van der Waals surface area contributed by atoms with Crippen LogP contribution >= 0.6 is 0 Å². The number of piperidine rings is 1. The number of hydrogen-bond acceptors (Lipinski definition) is 3. The highest BCUT2D eigenvalue weighted by Crippen LogP contribution is 2.11. The number of unbranched alkanes of at least 4 members (excludes halogenated alkanes) is 3. The molecule has 1 N–H and O–H groups in total. The highest BCUT2D eigenvalue weighted by molar-refractivity contribution is 5.77. The zero-order valence-corrected chi connectivity index (χ0v) is 13.5. The summed E-state index contributed by atoms with van der Waals surface area (Å²) in [4.78, 5) is 14.2.